The van der Waals surface area contributed by atoms with Crippen LogP contribution in [0.25, 0.3) is 0 Å². The molecule has 1 aromatic heterocycles. The molecule has 0 spiro atoms. The lowest BCUT2D eigenvalue weighted by molar-refractivity contribution is 0.0529. The number of nitrogens with zero attached hydrogens (tertiary/aromatic N) is 2. The van der Waals surface area contributed by atoms with Crippen LogP contribution in [-0.4, -0.2) is 37.1 Å². The number of ether oxygens (including phenoxy) is 1. The van der Waals surface area contributed by atoms with E-state index in [1.807, 2.05) is 13.0 Å². The number of anilines is 1. The third-order valence-electron chi connectivity index (χ3n) is 2.47. The van der Waals surface area contributed by atoms with Crippen molar-refractivity contribution in [2.45, 2.75) is 13.0 Å². The zero-order valence-corrected chi connectivity index (χ0v) is 8.72. The Labute approximate surface area is 88.9 Å². The first-order valence-electron chi connectivity index (χ1n) is 5.07. The van der Waals surface area contributed by atoms with Crippen molar-refractivity contribution in [1.29, 1.82) is 0 Å². The van der Waals surface area contributed by atoms with E-state index in [4.69, 9.17) is 4.74 Å². The average Bonchev–Trinajstić information content (AvgIpc) is 2.29. The van der Waals surface area contributed by atoms with Crippen molar-refractivity contribution in [2.75, 3.05) is 24.6 Å². The van der Waals surface area contributed by atoms with Crippen LogP contribution in [0.3, 0.4) is 0 Å². The summed E-state index contributed by atoms with van der Waals surface area (Å²) in [5.74, 6) is 0.913. The van der Waals surface area contributed by atoms with Gasteiger partial charge in [0.25, 0.3) is 0 Å². The highest BCUT2D eigenvalue weighted by Gasteiger charge is 2.17. The summed E-state index contributed by atoms with van der Waals surface area (Å²) in [6.45, 7) is 4.50. The molecule has 0 aromatic carbocycles. The second-order valence-electron chi connectivity index (χ2n) is 3.70. The van der Waals surface area contributed by atoms with Gasteiger partial charge in [-0.15, -0.1) is 0 Å². The van der Waals surface area contributed by atoms with E-state index in [1.54, 1.807) is 12.3 Å². The van der Waals surface area contributed by atoms with Gasteiger partial charge in [0.05, 0.1) is 12.7 Å². The molecule has 1 fully saturated rings. The molecule has 4 nitrogen and oxygen atoms in total. The highest BCUT2D eigenvalue weighted by atomic mass is 16.5. The van der Waals surface area contributed by atoms with Gasteiger partial charge >= 0.3 is 0 Å². The Morgan fingerprint density at radius 3 is 3.07 bits per heavy atom. The summed E-state index contributed by atoms with van der Waals surface area (Å²) in [5.41, 5.74) is 0.611. The number of hydrogen-bond acceptors (Lipinski definition) is 4. The Morgan fingerprint density at radius 1 is 1.60 bits per heavy atom. The minimum Gasteiger partial charge on any atom is -0.375 e. The van der Waals surface area contributed by atoms with Gasteiger partial charge in [-0.1, -0.05) is 0 Å². The molecule has 15 heavy (non-hydrogen) atoms. The fourth-order valence-electron chi connectivity index (χ4n) is 1.68. The maximum absolute atomic E-state index is 10.5. The number of pyridine rings is 1. The minimum atomic E-state index is 0.242. The molecule has 2 rings (SSSR count). The third-order valence-corrected chi connectivity index (χ3v) is 2.47. The van der Waals surface area contributed by atoms with Crippen LogP contribution < -0.4 is 4.90 Å². The topological polar surface area (TPSA) is 42.4 Å². The summed E-state index contributed by atoms with van der Waals surface area (Å²) in [7, 11) is 0. The zero-order chi connectivity index (χ0) is 10.7. The first-order chi connectivity index (χ1) is 7.29. The Kier molecular flexibility index (Phi) is 2.97. The molecule has 0 N–H and O–H groups in total. The highest BCUT2D eigenvalue weighted by molar-refractivity contribution is 5.74. The molecular weight excluding hydrogens is 192 g/mol. The zero-order valence-electron chi connectivity index (χ0n) is 8.72. The fourth-order valence-corrected chi connectivity index (χ4v) is 1.68. The Bertz CT molecular complexity index is 337. The van der Waals surface area contributed by atoms with Crippen molar-refractivity contribution in [3.63, 3.8) is 0 Å². The van der Waals surface area contributed by atoms with Crippen LogP contribution in [0.15, 0.2) is 18.3 Å². The van der Waals surface area contributed by atoms with Gasteiger partial charge in [0, 0.05) is 24.8 Å². The van der Waals surface area contributed by atoms with Gasteiger partial charge in [0.1, 0.15) is 5.82 Å². The van der Waals surface area contributed by atoms with Gasteiger partial charge in [0.2, 0.25) is 0 Å². The van der Waals surface area contributed by atoms with E-state index >= 15 is 0 Å². The molecule has 1 unspecified atom stereocenters. The summed E-state index contributed by atoms with van der Waals surface area (Å²) in [6, 6.07) is 3.66. The monoisotopic (exact) mass is 206 g/mol. The lowest BCUT2D eigenvalue weighted by Crippen LogP contribution is -2.41. The number of carbonyl (C=O) groups excluding carboxylic acids is 1. The summed E-state index contributed by atoms with van der Waals surface area (Å²) in [4.78, 5) is 16.9. The Balaban J connectivity index is 2.11. The molecule has 1 saturated heterocycles. The SMILES string of the molecule is CC1CN(c2ccc(C=O)cn2)CCO1. The van der Waals surface area contributed by atoms with Crippen molar-refractivity contribution in [3.8, 4) is 0 Å². The van der Waals surface area contributed by atoms with E-state index in [9.17, 15) is 4.79 Å². The number of aldehydes is 1. The lowest BCUT2D eigenvalue weighted by Gasteiger charge is -2.31. The molecule has 0 radical (unpaired) electrons. The van der Waals surface area contributed by atoms with Gasteiger partial charge in [-0.2, -0.15) is 0 Å². The molecule has 1 aromatic rings. The molecule has 0 aliphatic carbocycles. The van der Waals surface area contributed by atoms with Crippen LogP contribution in [0.1, 0.15) is 17.3 Å². The first-order valence-corrected chi connectivity index (χ1v) is 5.07. The van der Waals surface area contributed by atoms with E-state index < -0.39 is 0 Å². The first kappa shape index (κ1) is 10.1. The average molecular weight is 206 g/mol. The molecule has 4 heteroatoms. The molecule has 1 aliphatic heterocycles. The smallest absolute Gasteiger partial charge is 0.151 e. The molecule has 1 atom stereocenters. The summed E-state index contributed by atoms with van der Waals surface area (Å²) < 4.78 is 5.45. The van der Waals surface area contributed by atoms with Gasteiger partial charge < -0.3 is 9.64 Å². The number of carbonyl (C=O) groups is 1. The van der Waals surface area contributed by atoms with Crippen LogP contribution in [0, 0.1) is 0 Å². The lowest BCUT2D eigenvalue weighted by atomic mass is 10.2. The van der Waals surface area contributed by atoms with Crippen molar-refractivity contribution in [1.82, 2.24) is 4.98 Å². The standard InChI is InChI=1S/C11H14N2O2/c1-9-7-13(4-5-15-9)11-3-2-10(8-14)6-12-11/h2-3,6,8-9H,4-5,7H2,1H3. The molecule has 80 valence electrons. The van der Waals surface area contributed by atoms with Crippen LogP contribution in [0.4, 0.5) is 5.82 Å². The molecule has 0 bridgehead atoms. The second kappa shape index (κ2) is 4.40. The Hall–Kier alpha value is -1.42. The van der Waals surface area contributed by atoms with Gasteiger partial charge in [-0.05, 0) is 19.1 Å². The maximum Gasteiger partial charge on any atom is 0.151 e. The highest BCUT2D eigenvalue weighted by Crippen LogP contribution is 2.14. The predicted octanol–water partition coefficient (Wildman–Crippen LogP) is 1.12. The van der Waals surface area contributed by atoms with Crippen molar-refractivity contribution in [3.05, 3.63) is 23.9 Å². The molecule has 1 aliphatic rings. The largest absolute Gasteiger partial charge is 0.375 e. The Morgan fingerprint density at radius 2 is 2.47 bits per heavy atom. The molecule has 0 saturated carbocycles. The number of hydrogen-bond donors (Lipinski definition) is 0. The van der Waals surface area contributed by atoms with Crippen molar-refractivity contribution < 1.29 is 9.53 Å². The summed E-state index contributed by atoms with van der Waals surface area (Å²) in [5, 5.41) is 0. The maximum atomic E-state index is 10.5. The van der Waals surface area contributed by atoms with E-state index in [2.05, 4.69) is 9.88 Å². The fraction of sp³-hybridized carbons (Fsp3) is 0.455. The molecular formula is C11H14N2O2. The van der Waals surface area contributed by atoms with Gasteiger partial charge in [-0.25, -0.2) is 4.98 Å². The second-order valence-corrected chi connectivity index (χ2v) is 3.70. The van der Waals surface area contributed by atoms with E-state index in [0.717, 1.165) is 31.8 Å². The number of rotatable bonds is 2. The minimum absolute atomic E-state index is 0.242. The number of aromatic nitrogens is 1. The number of morpholine rings is 1. The summed E-state index contributed by atoms with van der Waals surface area (Å²) >= 11 is 0. The normalized spacial score (nSPS) is 21.4. The van der Waals surface area contributed by atoms with E-state index in [0.29, 0.717) is 5.56 Å². The van der Waals surface area contributed by atoms with E-state index in [-0.39, 0.29) is 6.10 Å². The van der Waals surface area contributed by atoms with Crippen LogP contribution in [0.5, 0.6) is 0 Å². The van der Waals surface area contributed by atoms with Crippen molar-refractivity contribution >= 4 is 12.1 Å². The molecule has 0 amide bonds. The summed E-state index contributed by atoms with van der Waals surface area (Å²) in [6.07, 6.45) is 2.65. The van der Waals surface area contributed by atoms with Crippen LogP contribution in [-0.2, 0) is 4.74 Å². The van der Waals surface area contributed by atoms with Crippen LogP contribution >= 0.6 is 0 Å². The quantitative estimate of drug-likeness (QED) is 0.680. The van der Waals surface area contributed by atoms with Gasteiger partial charge in [-0.3, -0.25) is 4.79 Å². The predicted molar refractivity (Wildman–Crippen MR) is 57.3 cm³/mol. The van der Waals surface area contributed by atoms with Crippen LogP contribution in [0.2, 0.25) is 0 Å². The van der Waals surface area contributed by atoms with E-state index in [1.165, 1.54) is 0 Å². The van der Waals surface area contributed by atoms with Crippen molar-refractivity contribution in [2.24, 2.45) is 0 Å². The molecule has 2 heterocycles. The van der Waals surface area contributed by atoms with Gasteiger partial charge in [0.15, 0.2) is 6.29 Å². The third kappa shape index (κ3) is 2.33.